The number of rotatable bonds is 3. The zero-order chi connectivity index (χ0) is 13.1. The van der Waals surface area contributed by atoms with Crippen LogP contribution in [0, 0.1) is 6.92 Å². The van der Waals surface area contributed by atoms with Crippen LogP contribution in [-0.4, -0.2) is 16.1 Å². The van der Waals surface area contributed by atoms with Crippen LogP contribution < -0.4 is 4.74 Å². The molecule has 0 radical (unpaired) electrons. The second kappa shape index (κ2) is 5.06. The second-order valence-corrected chi connectivity index (χ2v) is 4.12. The summed E-state index contributed by atoms with van der Waals surface area (Å²) in [5.41, 5.74) is 1.14. The minimum absolute atomic E-state index is 0.0390. The van der Waals surface area contributed by atoms with Gasteiger partial charge in [0.2, 0.25) is 5.88 Å². The van der Waals surface area contributed by atoms with Crippen LogP contribution >= 0.6 is 11.6 Å². The molecule has 0 atom stereocenters. The maximum absolute atomic E-state index is 10.9. The lowest BCUT2D eigenvalue weighted by molar-refractivity contribution is 0.0696. The molecule has 1 aromatic heterocycles. The first-order valence-electron chi connectivity index (χ1n) is 5.20. The summed E-state index contributed by atoms with van der Waals surface area (Å²) in [5, 5.41) is 8.97. The normalized spacial score (nSPS) is 10.1. The van der Waals surface area contributed by atoms with Gasteiger partial charge in [0.25, 0.3) is 0 Å². The van der Waals surface area contributed by atoms with Gasteiger partial charge in [-0.1, -0.05) is 29.3 Å². The predicted molar refractivity (Wildman–Crippen MR) is 67.5 cm³/mol. The van der Waals surface area contributed by atoms with E-state index in [1.165, 1.54) is 12.1 Å². The highest BCUT2D eigenvalue weighted by atomic mass is 35.5. The molecule has 1 N–H and O–H groups in total. The number of hydrogen-bond donors (Lipinski definition) is 1. The molecule has 2 aromatic rings. The molecule has 92 valence electrons. The van der Waals surface area contributed by atoms with Gasteiger partial charge in [-0.05, 0) is 25.1 Å². The predicted octanol–water partition coefficient (Wildman–Crippen LogP) is 3.53. The molecule has 18 heavy (non-hydrogen) atoms. The molecule has 0 aliphatic carbocycles. The Morgan fingerprint density at radius 1 is 1.28 bits per heavy atom. The molecule has 1 heterocycles. The molecule has 5 heteroatoms. The average molecular weight is 264 g/mol. The molecule has 0 aliphatic rings. The minimum atomic E-state index is -1.08. The van der Waals surface area contributed by atoms with Crippen LogP contribution in [0.25, 0.3) is 0 Å². The summed E-state index contributed by atoms with van der Waals surface area (Å²) in [6.07, 6.45) is 0. The van der Waals surface area contributed by atoms with Crippen molar-refractivity contribution in [1.82, 2.24) is 4.98 Å². The van der Waals surface area contributed by atoms with Gasteiger partial charge >= 0.3 is 5.97 Å². The monoisotopic (exact) mass is 263 g/mol. The molecule has 0 amide bonds. The Morgan fingerprint density at radius 2 is 1.94 bits per heavy atom. The first kappa shape index (κ1) is 12.4. The van der Waals surface area contributed by atoms with Gasteiger partial charge in [-0.25, -0.2) is 9.78 Å². The Kier molecular flexibility index (Phi) is 3.48. The third kappa shape index (κ3) is 2.99. The number of carboxylic acids is 1. The fourth-order valence-corrected chi connectivity index (χ4v) is 1.58. The number of halogens is 1. The topological polar surface area (TPSA) is 59.4 Å². The zero-order valence-corrected chi connectivity index (χ0v) is 10.3. The molecular weight excluding hydrogens is 254 g/mol. The molecule has 0 aliphatic heterocycles. The van der Waals surface area contributed by atoms with Gasteiger partial charge in [-0.2, -0.15) is 0 Å². The third-order valence-electron chi connectivity index (χ3n) is 2.26. The van der Waals surface area contributed by atoms with E-state index in [-0.39, 0.29) is 16.6 Å². The average Bonchev–Trinajstić information content (AvgIpc) is 2.31. The van der Waals surface area contributed by atoms with Crippen molar-refractivity contribution in [2.75, 3.05) is 0 Å². The van der Waals surface area contributed by atoms with Crippen LogP contribution in [0.2, 0.25) is 5.15 Å². The van der Waals surface area contributed by atoms with Gasteiger partial charge in [0.15, 0.2) is 0 Å². The van der Waals surface area contributed by atoms with Crippen LogP contribution in [0.3, 0.4) is 0 Å². The summed E-state index contributed by atoms with van der Waals surface area (Å²) in [5.74, 6) is -0.344. The van der Waals surface area contributed by atoms with Crippen LogP contribution in [-0.2, 0) is 0 Å². The van der Waals surface area contributed by atoms with E-state index >= 15 is 0 Å². The van der Waals surface area contributed by atoms with E-state index < -0.39 is 5.97 Å². The number of pyridine rings is 1. The van der Waals surface area contributed by atoms with Crippen LogP contribution in [0.4, 0.5) is 0 Å². The third-order valence-corrected chi connectivity index (χ3v) is 2.45. The highest BCUT2D eigenvalue weighted by Gasteiger charge is 2.08. The lowest BCUT2D eigenvalue weighted by Gasteiger charge is -2.06. The molecule has 2 rings (SSSR count). The quantitative estimate of drug-likeness (QED) is 0.861. The van der Waals surface area contributed by atoms with E-state index in [2.05, 4.69) is 4.98 Å². The highest BCUT2D eigenvalue weighted by Crippen LogP contribution is 2.23. The Hall–Kier alpha value is -2.07. The van der Waals surface area contributed by atoms with Crippen molar-refractivity contribution in [2.24, 2.45) is 0 Å². The minimum Gasteiger partial charge on any atom is -0.478 e. The Balaban J connectivity index is 2.28. The summed E-state index contributed by atoms with van der Waals surface area (Å²) in [6.45, 7) is 1.96. The fraction of sp³-hybridized carbons (Fsp3) is 0.0769. The van der Waals surface area contributed by atoms with Crippen LogP contribution in [0.1, 0.15) is 15.9 Å². The maximum atomic E-state index is 10.9. The summed E-state index contributed by atoms with van der Waals surface area (Å²) in [4.78, 5) is 14.8. The number of carboxylic acid groups (broad SMARTS) is 1. The summed E-state index contributed by atoms with van der Waals surface area (Å²) < 4.78 is 5.45. The SMILES string of the molecule is Cc1ccc(Oc2cc(C(=O)O)cc(Cl)n2)cc1. The van der Waals surface area contributed by atoms with Crippen LogP contribution in [0.15, 0.2) is 36.4 Å². The van der Waals surface area contributed by atoms with Gasteiger partial charge in [0.05, 0.1) is 5.56 Å². The van der Waals surface area contributed by atoms with Gasteiger partial charge in [-0.3, -0.25) is 0 Å². The van der Waals surface area contributed by atoms with E-state index in [0.29, 0.717) is 5.75 Å². The van der Waals surface area contributed by atoms with E-state index in [1.807, 2.05) is 19.1 Å². The number of hydrogen-bond acceptors (Lipinski definition) is 3. The van der Waals surface area contributed by atoms with Crippen molar-refractivity contribution in [3.05, 3.63) is 52.7 Å². The van der Waals surface area contributed by atoms with Gasteiger partial charge in [0, 0.05) is 6.07 Å². The lowest BCUT2D eigenvalue weighted by atomic mass is 10.2. The summed E-state index contributed by atoms with van der Waals surface area (Å²) in [7, 11) is 0. The smallest absolute Gasteiger partial charge is 0.335 e. The number of aromatic carboxylic acids is 1. The van der Waals surface area contributed by atoms with Gasteiger partial charge in [0.1, 0.15) is 10.9 Å². The van der Waals surface area contributed by atoms with E-state index in [0.717, 1.165) is 5.56 Å². The molecule has 0 saturated carbocycles. The molecule has 0 bridgehead atoms. The Morgan fingerprint density at radius 3 is 2.56 bits per heavy atom. The maximum Gasteiger partial charge on any atom is 0.335 e. The van der Waals surface area contributed by atoms with Crippen molar-refractivity contribution in [2.45, 2.75) is 6.92 Å². The van der Waals surface area contributed by atoms with E-state index in [9.17, 15) is 4.79 Å². The first-order chi connectivity index (χ1) is 8.54. The Labute approximate surface area is 109 Å². The number of aryl methyl sites for hydroxylation is 1. The zero-order valence-electron chi connectivity index (χ0n) is 9.55. The van der Waals surface area contributed by atoms with Crippen molar-refractivity contribution >= 4 is 17.6 Å². The molecule has 0 saturated heterocycles. The van der Waals surface area contributed by atoms with Crippen molar-refractivity contribution in [1.29, 1.82) is 0 Å². The number of benzene rings is 1. The summed E-state index contributed by atoms with van der Waals surface area (Å²) in [6, 6.07) is 9.92. The van der Waals surface area contributed by atoms with Crippen molar-refractivity contribution < 1.29 is 14.6 Å². The molecule has 0 spiro atoms. The molecule has 0 unspecified atom stereocenters. The van der Waals surface area contributed by atoms with Gasteiger partial charge in [-0.15, -0.1) is 0 Å². The summed E-state index contributed by atoms with van der Waals surface area (Å²) >= 11 is 5.73. The number of ether oxygens (including phenoxy) is 1. The molecule has 4 nitrogen and oxygen atoms in total. The number of nitrogens with zero attached hydrogens (tertiary/aromatic N) is 1. The lowest BCUT2D eigenvalue weighted by Crippen LogP contribution is -1.98. The molecular formula is C13H10ClNO3. The molecule has 0 fully saturated rings. The van der Waals surface area contributed by atoms with Crippen molar-refractivity contribution in [3.8, 4) is 11.6 Å². The number of aromatic nitrogens is 1. The molecule has 1 aromatic carbocycles. The largest absolute Gasteiger partial charge is 0.478 e. The van der Waals surface area contributed by atoms with E-state index in [1.54, 1.807) is 12.1 Å². The first-order valence-corrected chi connectivity index (χ1v) is 5.58. The second-order valence-electron chi connectivity index (χ2n) is 3.74. The Bertz CT molecular complexity index is 581. The fourth-order valence-electron chi connectivity index (χ4n) is 1.38. The number of carbonyl (C=O) groups is 1. The highest BCUT2D eigenvalue weighted by molar-refractivity contribution is 6.29. The van der Waals surface area contributed by atoms with E-state index in [4.69, 9.17) is 21.4 Å². The van der Waals surface area contributed by atoms with Crippen molar-refractivity contribution in [3.63, 3.8) is 0 Å². The van der Waals surface area contributed by atoms with Gasteiger partial charge < -0.3 is 9.84 Å². The standard InChI is InChI=1S/C13H10ClNO3/c1-8-2-4-10(5-3-8)18-12-7-9(13(16)17)6-11(14)15-12/h2-7H,1H3,(H,16,17). The van der Waals surface area contributed by atoms with Crippen LogP contribution in [0.5, 0.6) is 11.6 Å².